The van der Waals surface area contributed by atoms with Crippen LogP contribution in [0.15, 0.2) is 36.5 Å². The van der Waals surface area contributed by atoms with Crippen LogP contribution in [0.4, 0.5) is 10.2 Å². The zero-order valence-corrected chi connectivity index (χ0v) is 14.1. The van der Waals surface area contributed by atoms with E-state index in [-0.39, 0.29) is 30.9 Å². The number of hydrogen-bond donors (Lipinski definition) is 2. The summed E-state index contributed by atoms with van der Waals surface area (Å²) < 4.78 is 13.4. The Hall–Kier alpha value is -2.18. The lowest BCUT2D eigenvalue weighted by atomic mass is 9.86. The summed E-state index contributed by atoms with van der Waals surface area (Å²) in [4.78, 5) is 18.3. The number of pyridine rings is 1. The van der Waals surface area contributed by atoms with E-state index in [0.29, 0.717) is 22.0 Å². The molecule has 2 aromatic rings. The van der Waals surface area contributed by atoms with Crippen molar-refractivity contribution in [3.05, 3.63) is 58.5 Å². The van der Waals surface area contributed by atoms with E-state index in [1.54, 1.807) is 18.2 Å². The Morgan fingerprint density at radius 1 is 1.36 bits per heavy atom. The molecule has 2 fully saturated rings. The van der Waals surface area contributed by atoms with Crippen LogP contribution in [0.5, 0.6) is 0 Å². The molecule has 0 bridgehead atoms. The number of halogens is 2. The molecule has 2 aliphatic rings. The second kappa shape index (κ2) is 5.97. The molecule has 2 N–H and O–H groups in total. The zero-order valence-electron chi connectivity index (χ0n) is 13.4. The van der Waals surface area contributed by atoms with Crippen LogP contribution >= 0.6 is 11.6 Å². The molecule has 0 unspecified atom stereocenters. The number of β-amino-alcohol motifs (C(OH)–C–C–N with tert-alkyl or cyclic N) is 1. The molecule has 0 atom stereocenters. The molecule has 5 nitrogen and oxygen atoms in total. The highest BCUT2D eigenvalue weighted by molar-refractivity contribution is 6.33. The van der Waals surface area contributed by atoms with Crippen molar-refractivity contribution in [3.8, 4) is 0 Å². The van der Waals surface area contributed by atoms with Crippen molar-refractivity contribution in [1.29, 1.82) is 0 Å². The van der Waals surface area contributed by atoms with Gasteiger partial charge in [-0.3, -0.25) is 4.79 Å². The van der Waals surface area contributed by atoms with Crippen LogP contribution < -0.4 is 10.2 Å². The van der Waals surface area contributed by atoms with E-state index in [2.05, 4.69) is 10.3 Å². The number of anilines is 1. The first-order chi connectivity index (χ1) is 11.9. The summed E-state index contributed by atoms with van der Waals surface area (Å²) in [5.41, 5.74) is -0.219. The quantitative estimate of drug-likeness (QED) is 0.878. The van der Waals surface area contributed by atoms with Crippen molar-refractivity contribution in [2.45, 2.75) is 24.5 Å². The molecule has 1 aromatic heterocycles. The minimum absolute atomic E-state index is 0.211. The van der Waals surface area contributed by atoms with Crippen molar-refractivity contribution in [1.82, 2.24) is 10.3 Å². The third kappa shape index (κ3) is 3.19. The van der Waals surface area contributed by atoms with Crippen molar-refractivity contribution >= 4 is 23.3 Å². The van der Waals surface area contributed by atoms with E-state index in [0.717, 1.165) is 12.8 Å². The Labute approximate surface area is 149 Å². The number of carbonyl (C=O) groups excluding carboxylic acids is 1. The largest absolute Gasteiger partial charge is 0.381 e. The van der Waals surface area contributed by atoms with E-state index in [1.165, 1.54) is 18.3 Å². The first kappa shape index (κ1) is 16.3. The Balaban J connectivity index is 1.51. The fraction of sp³-hybridized carbons (Fsp3) is 0.333. The van der Waals surface area contributed by atoms with Crippen LogP contribution in [0.3, 0.4) is 0 Å². The molecule has 130 valence electrons. The van der Waals surface area contributed by atoms with Crippen LogP contribution in [0.2, 0.25) is 5.02 Å². The number of aliphatic hydroxyl groups is 1. The summed E-state index contributed by atoms with van der Waals surface area (Å²) >= 11 is 6.10. The van der Waals surface area contributed by atoms with Crippen LogP contribution in [0.25, 0.3) is 0 Å². The van der Waals surface area contributed by atoms with Gasteiger partial charge in [0.25, 0.3) is 5.91 Å². The van der Waals surface area contributed by atoms with E-state index in [4.69, 9.17) is 11.6 Å². The van der Waals surface area contributed by atoms with Gasteiger partial charge in [0, 0.05) is 12.2 Å². The number of amides is 1. The van der Waals surface area contributed by atoms with Gasteiger partial charge in [-0.1, -0.05) is 23.7 Å². The van der Waals surface area contributed by atoms with E-state index < -0.39 is 5.60 Å². The fourth-order valence-corrected chi connectivity index (χ4v) is 3.16. The van der Waals surface area contributed by atoms with Crippen molar-refractivity contribution in [3.63, 3.8) is 0 Å². The standard InChI is InChI=1S/C18H17ClFN3O2/c19-15-8-21-16(7-14(15)17(24)22-13-4-5-13)23-9-18(25,10-23)11-2-1-3-12(20)6-11/h1-3,6-8,13,25H,4-5,9-10H2,(H,22,24). The molecule has 0 radical (unpaired) electrons. The average Bonchev–Trinajstić information content (AvgIpc) is 3.36. The fourth-order valence-electron chi connectivity index (χ4n) is 2.97. The Morgan fingerprint density at radius 3 is 2.80 bits per heavy atom. The number of nitrogens with one attached hydrogen (secondary N) is 1. The number of rotatable bonds is 4. The van der Waals surface area contributed by atoms with Gasteiger partial charge in [-0.25, -0.2) is 9.37 Å². The van der Waals surface area contributed by atoms with Gasteiger partial charge in [-0.15, -0.1) is 0 Å². The first-order valence-electron chi connectivity index (χ1n) is 8.14. The Bertz CT molecular complexity index is 835. The van der Waals surface area contributed by atoms with Crippen LogP contribution in [0.1, 0.15) is 28.8 Å². The number of aromatic nitrogens is 1. The van der Waals surface area contributed by atoms with E-state index >= 15 is 0 Å². The predicted molar refractivity (Wildman–Crippen MR) is 92.2 cm³/mol. The molecule has 1 saturated carbocycles. The van der Waals surface area contributed by atoms with Gasteiger partial charge in [0.15, 0.2) is 0 Å². The normalized spacial score (nSPS) is 18.6. The molecular formula is C18H17ClFN3O2. The maximum absolute atomic E-state index is 13.4. The van der Waals surface area contributed by atoms with Gasteiger partial charge in [-0.05, 0) is 36.6 Å². The molecule has 25 heavy (non-hydrogen) atoms. The summed E-state index contributed by atoms with van der Waals surface area (Å²) in [5.74, 6) is -0.0310. The van der Waals surface area contributed by atoms with Crippen molar-refractivity contribution in [2.75, 3.05) is 18.0 Å². The average molecular weight is 362 g/mol. The van der Waals surface area contributed by atoms with Crippen LogP contribution in [-0.4, -0.2) is 35.1 Å². The maximum Gasteiger partial charge on any atom is 0.253 e. The van der Waals surface area contributed by atoms with Gasteiger partial charge >= 0.3 is 0 Å². The summed E-state index contributed by atoms with van der Waals surface area (Å²) in [5, 5.41) is 13.9. The van der Waals surface area contributed by atoms with Gasteiger partial charge in [0.1, 0.15) is 17.2 Å². The highest BCUT2D eigenvalue weighted by Crippen LogP contribution is 2.35. The Kier molecular flexibility index (Phi) is 3.89. The second-order valence-electron chi connectivity index (χ2n) is 6.67. The number of carbonyl (C=O) groups is 1. The predicted octanol–water partition coefficient (Wildman–Crippen LogP) is 2.47. The maximum atomic E-state index is 13.4. The molecule has 1 aliphatic carbocycles. The zero-order chi connectivity index (χ0) is 17.6. The molecular weight excluding hydrogens is 345 g/mol. The third-order valence-corrected chi connectivity index (χ3v) is 4.89. The molecule has 1 saturated heterocycles. The van der Waals surface area contributed by atoms with Crippen LogP contribution in [-0.2, 0) is 5.60 Å². The van der Waals surface area contributed by atoms with Crippen molar-refractivity contribution < 1.29 is 14.3 Å². The van der Waals surface area contributed by atoms with E-state index in [9.17, 15) is 14.3 Å². The molecule has 1 aromatic carbocycles. The lowest BCUT2D eigenvalue weighted by Gasteiger charge is -2.47. The van der Waals surface area contributed by atoms with Gasteiger partial charge in [0.05, 0.1) is 23.7 Å². The molecule has 2 heterocycles. The Morgan fingerprint density at radius 2 is 2.12 bits per heavy atom. The molecule has 7 heteroatoms. The number of nitrogens with zero attached hydrogens (tertiary/aromatic N) is 2. The summed E-state index contributed by atoms with van der Waals surface area (Å²) in [6.07, 6.45) is 3.43. The monoisotopic (exact) mass is 361 g/mol. The summed E-state index contributed by atoms with van der Waals surface area (Å²) in [6.45, 7) is 0.545. The van der Waals surface area contributed by atoms with E-state index in [1.807, 2.05) is 4.90 Å². The van der Waals surface area contributed by atoms with Gasteiger partial charge < -0.3 is 15.3 Å². The van der Waals surface area contributed by atoms with Gasteiger partial charge in [0.2, 0.25) is 0 Å². The highest BCUT2D eigenvalue weighted by Gasteiger charge is 2.43. The van der Waals surface area contributed by atoms with Crippen LogP contribution in [0, 0.1) is 5.82 Å². The molecule has 1 aliphatic heterocycles. The number of benzene rings is 1. The smallest absolute Gasteiger partial charge is 0.253 e. The molecule has 4 rings (SSSR count). The first-order valence-corrected chi connectivity index (χ1v) is 8.52. The minimum atomic E-state index is -1.13. The number of hydrogen-bond acceptors (Lipinski definition) is 4. The van der Waals surface area contributed by atoms with Crippen molar-refractivity contribution in [2.24, 2.45) is 0 Å². The molecule has 0 spiro atoms. The molecule has 1 amide bonds. The minimum Gasteiger partial charge on any atom is -0.381 e. The summed E-state index contributed by atoms with van der Waals surface area (Å²) in [6, 6.07) is 7.82. The topological polar surface area (TPSA) is 65.5 Å². The van der Waals surface area contributed by atoms with Gasteiger partial charge in [-0.2, -0.15) is 0 Å². The second-order valence-corrected chi connectivity index (χ2v) is 7.08. The third-order valence-electron chi connectivity index (χ3n) is 4.59. The lowest BCUT2D eigenvalue weighted by Crippen LogP contribution is -2.60. The summed E-state index contributed by atoms with van der Waals surface area (Å²) in [7, 11) is 0. The highest BCUT2D eigenvalue weighted by atomic mass is 35.5. The lowest BCUT2D eigenvalue weighted by molar-refractivity contribution is 0.00679. The SMILES string of the molecule is O=C(NC1CC1)c1cc(N2CC(O)(c3cccc(F)c3)C2)ncc1Cl.